The second-order valence-corrected chi connectivity index (χ2v) is 6.72. The van der Waals surface area contributed by atoms with Gasteiger partial charge in [0, 0.05) is 43.0 Å². The molecule has 0 saturated carbocycles. The van der Waals surface area contributed by atoms with E-state index in [-0.39, 0.29) is 5.91 Å². The maximum absolute atomic E-state index is 12.1. The Bertz CT molecular complexity index is 660. The van der Waals surface area contributed by atoms with Crippen molar-refractivity contribution in [3.05, 3.63) is 48.5 Å². The summed E-state index contributed by atoms with van der Waals surface area (Å²) >= 11 is 1.78. The molecule has 0 saturated heterocycles. The zero-order valence-corrected chi connectivity index (χ0v) is 14.6. The highest BCUT2D eigenvalue weighted by Crippen LogP contribution is 2.47. The molecular weight excluding hydrogens is 320 g/mol. The van der Waals surface area contributed by atoms with Gasteiger partial charge in [-0.25, -0.2) is 0 Å². The van der Waals surface area contributed by atoms with E-state index in [0.29, 0.717) is 26.1 Å². The van der Waals surface area contributed by atoms with Crippen LogP contribution in [0.1, 0.15) is 12.8 Å². The number of nitrogens with zero attached hydrogens (tertiary/aromatic N) is 1. The summed E-state index contributed by atoms with van der Waals surface area (Å²) in [6, 6.07) is 16.7. The van der Waals surface area contributed by atoms with E-state index in [9.17, 15) is 4.79 Å². The lowest BCUT2D eigenvalue weighted by atomic mass is 10.2. The molecule has 0 aliphatic carbocycles. The van der Waals surface area contributed by atoms with Gasteiger partial charge < -0.3 is 15.0 Å². The molecule has 2 aromatic carbocycles. The molecule has 3 rings (SSSR count). The third kappa shape index (κ3) is 3.91. The first-order valence-corrected chi connectivity index (χ1v) is 9.00. The summed E-state index contributed by atoms with van der Waals surface area (Å²) in [6.45, 7) is 2.00. The van der Waals surface area contributed by atoms with Gasteiger partial charge in [-0.05, 0) is 30.7 Å². The molecule has 0 aromatic heterocycles. The van der Waals surface area contributed by atoms with E-state index >= 15 is 0 Å². The molecule has 1 aliphatic heterocycles. The maximum atomic E-state index is 12.1. The van der Waals surface area contributed by atoms with Gasteiger partial charge in [-0.2, -0.15) is 0 Å². The Morgan fingerprint density at radius 2 is 1.71 bits per heavy atom. The smallest absolute Gasteiger partial charge is 0.221 e. The predicted molar refractivity (Wildman–Crippen MR) is 98.1 cm³/mol. The van der Waals surface area contributed by atoms with Crippen LogP contribution < -0.4 is 10.2 Å². The number of rotatable bonds is 7. The highest BCUT2D eigenvalue weighted by Gasteiger charge is 2.22. The molecule has 0 atom stereocenters. The summed E-state index contributed by atoms with van der Waals surface area (Å²) in [5, 5.41) is 2.95. The number of hydrogen-bond acceptors (Lipinski definition) is 4. The number of nitrogens with one attached hydrogen (secondary N) is 1. The van der Waals surface area contributed by atoms with Crippen molar-refractivity contribution in [2.24, 2.45) is 0 Å². The molecule has 0 unspecified atom stereocenters. The normalized spacial score (nSPS) is 12.5. The Morgan fingerprint density at radius 1 is 1.08 bits per heavy atom. The molecule has 0 fully saturated rings. The van der Waals surface area contributed by atoms with Crippen LogP contribution in [-0.2, 0) is 9.53 Å². The predicted octanol–water partition coefficient (Wildman–Crippen LogP) is 3.83. The molecule has 0 bridgehead atoms. The van der Waals surface area contributed by atoms with Gasteiger partial charge >= 0.3 is 0 Å². The molecule has 1 aliphatic rings. The molecule has 0 radical (unpaired) electrons. The van der Waals surface area contributed by atoms with Gasteiger partial charge in [0.2, 0.25) is 5.91 Å². The van der Waals surface area contributed by atoms with Crippen molar-refractivity contribution >= 4 is 29.0 Å². The number of benzene rings is 2. The van der Waals surface area contributed by atoms with Gasteiger partial charge in [0.05, 0.1) is 11.4 Å². The van der Waals surface area contributed by atoms with Crippen molar-refractivity contribution in [1.82, 2.24) is 5.32 Å². The standard InChI is InChI=1S/C19H22N2O2S/c1-23-14-6-12-20-19(22)11-13-21-15-7-2-4-9-17(15)24-18-10-5-3-8-16(18)21/h2-5,7-10H,6,11-14H2,1H3,(H,20,22). The Labute approximate surface area is 147 Å². The number of ether oxygens (including phenoxy) is 1. The Balaban J connectivity index is 1.68. The van der Waals surface area contributed by atoms with Crippen LogP contribution in [0.2, 0.25) is 0 Å². The number of fused-ring (bicyclic) bond motifs is 2. The fourth-order valence-electron chi connectivity index (χ4n) is 2.77. The van der Waals surface area contributed by atoms with Crippen LogP contribution in [0, 0.1) is 0 Å². The first kappa shape index (κ1) is 16.9. The van der Waals surface area contributed by atoms with Crippen molar-refractivity contribution in [3.8, 4) is 0 Å². The van der Waals surface area contributed by atoms with Crippen LogP contribution in [-0.4, -0.2) is 32.7 Å². The van der Waals surface area contributed by atoms with Gasteiger partial charge in [0.15, 0.2) is 0 Å². The molecule has 2 aromatic rings. The number of carbonyl (C=O) groups is 1. The van der Waals surface area contributed by atoms with E-state index in [4.69, 9.17) is 4.74 Å². The lowest BCUT2D eigenvalue weighted by Gasteiger charge is -2.32. The van der Waals surface area contributed by atoms with Crippen LogP contribution in [0.4, 0.5) is 11.4 Å². The highest BCUT2D eigenvalue weighted by atomic mass is 32.2. The Hall–Kier alpha value is -1.98. The van der Waals surface area contributed by atoms with Gasteiger partial charge in [0.25, 0.3) is 0 Å². The number of hydrogen-bond donors (Lipinski definition) is 1. The second-order valence-electron chi connectivity index (χ2n) is 5.64. The molecule has 1 N–H and O–H groups in total. The molecule has 126 valence electrons. The lowest BCUT2D eigenvalue weighted by molar-refractivity contribution is -0.120. The van der Waals surface area contributed by atoms with Crippen LogP contribution in [0.3, 0.4) is 0 Å². The van der Waals surface area contributed by atoms with Crippen molar-refractivity contribution < 1.29 is 9.53 Å². The fourth-order valence-corrected chi connectivity index (χ4v) is 3.86. The summed E-state index contributed by atoms with van der Waals surface area (Å²) < 4.78 is 5.00. The second kappa shape index (κ2) is 8.22. The molecule has 1 amide bonds. The zero-order valence-electron chi connectivity index (χ0n) is 13.8. The lowest BCUT2D eigenvalue weighted by Crippen LogP contribution is -2.30. The Kier molecular flexibility index (Phi) is 5.77. The molecule has 1 heterocycles. The van der Waals surface area contributed by atoms with E-state index in [1.165, 1.54) is 21.2 Å². The maximum Gasteiger partial charge on any atom is 0.221 e. The SMILES string of the molecule is COCCCNC(=O)CCN1c2ccccc2Sc2ccccc21. The fraction of sp³-hybridized carbons (Fsp3) is 0.316. The molecule has 4 nitrogen and oxygen atoms in total. The minimum absolute atomic E-state index is 0.0827. The molecule has 5 heteroatoms. The summed E-state index contributed by atoms with van der Waals surface area (Å²) in [5.74, 6) is 0.0827. The largest absolute Gasteiger partial charge is 0.385 e. The molecule has 24 heavy (non-hydrogen) atoms. The van der Waals surface area contributed by atoms with Gasteiger partial charge in [-0.15, -0.1) is 0 Å². The first-order chi connectivity index (χ1) is 11.8. The van der Waals surface area contributed by atoms with E-state index in [1.807, 2.05) is 12.1 Å². The number of methoxy groups -OCH3 is 1. The van der Waals surface area contributed by atoms with Crippen molar-refractivity contribution in [3.63, 3.8) is 0 Å². The number of anilines is 2. The van der Waals surface area contributed by atoms with Crippen LogP contribution in [0.15, 0.2) is 58.3 Å². The average molecular weight is 342 g/mol. The van der Waals surface area contributed by atoms with Crippen LogP contribution in [0.5, 0.6) is 0 Å². The summed E-state index contributed by atoms with van der Waals surface area (Å²) in [5.41, 5.74) is 2.35. The van der Waals surface area contributed by atoms with E-state index in [2.05, 4.69) is 46.6 Å². The van der Waals surface area contributed by atoms with E-state index in [0.717, 1.165) is 6.42 Å². The number of carbonyl (C=O) groups excluding carboxylic acids is 1. The third-order valence-electron chi connectivity index (χ3n) is 3.94. The van der Waals surface area contributed by atoms with Gasteiger partial charge in [-0.1, -0.05) is 36.0 Å². The van der Waals surface area contributed by atoms with Crippen molar-refractivity contribution in [1.29, 1.82) is 0 Å². The summed E-state index contributed by atoms with van der Waals surface area (Å²) in [6.07, 6.45) is 1.31. The molecule has 0 spiro atoms. The first-order valence-electron chi connectivity index (χ1n) is 8.18. The average Bonchev–Trinajstić information content (AvgIpc) is 2.62. The topological polar surface area (TPSA) is 41.6 Å². The number of amides is 1. The van der Waals surface area contributed by atoms with Gasteiger partial charge in [-0.3, -0.25) is 4.79 Å². The van der Waals surface area contributed by atoms with Crippen molar-refractivity contribution in [2.45, 2.75) is 22.6 Å². The van der Waals surface area contributed by atoms with E-state index in [1.54, 1.807) is 18.9 Å². The van der Waals surface area contributed by atoms with Crippen molar-refractivity contribution in [2.75, 3.05) is 31.7 Å². The third-order valence-corrected chi connectivity index (χ3v) is 5.07. The monoisotopic (exact) mass is 342 g/mol. The van der Waals surface area contributed by atoms with Crippen LogP contribution >= 0.6 is 11.8 Å². The minimum Gasteiger partial charge on any atom is -0.385 e. The minimum atomic E-state index is 0.0827. The van der Waals surface area contributed by atoms with Gasteiger partial charge in [0.1, 0.15) is 0 Å². The highest BCUT2D eigenvalue weighted by molar-refractivity contribution is 7.99. The summed E-state index contributed by atoms with van der Waals surface area (Å²) in [7, 11) is 1.67. The Morgan fingerprint density at radius 3 is 2.33 bits per heavy atom. The molecular formula is C19H22N2O2S. The summed E-state index contributed by atoms with van der Waals surface area (Å²) in [4.78, 5) is 16.8. The zero-order chi connectivity index (χ0) is 16.8. The van der Waals surface area contributed by atoms with Crippen LogP contribution in [0.25, 0.3) is 0 Å². The quantitative estimate of drug-likeness (QED) is 0.777. The number of para-hydroxylation sites is 2. The van der Waals surface area contributed by atoms with E-state index < -0.39 is 0 Å².